The van der Waals surface area contributed by atoms with E-state index in [4.69, 9.17) is 0 Å². The van der Waals surface area contributed by atoms with Gasteiger partial charge in [-0.3, -0.25) is 0 Å². The third-order valence-corrected chi connectivity index (χ3v) is 13.6. The maximum Gasteiger partial charge on any atom is 0.0540 e. The molecule has 0 atom stereocenters. The average Bonchev–Trinajstić information content (AvgIpc) is 3.75. The third kappa shape index (κ3) is 6.50. The molecule has 11 aromatic carbocycles. The van der Waals surface area contributed by atoms with Gasteiger partial charge in [-0.2, -0.15) is 0 Å². The van der Waals surface area contributed by atoms with Crippen molar-refractivity contribution in [3.05, 3.63) is 243 Å². The summed E-state index contributed by atoms with van der Waals surface area (Å²) in [5.41, 5.74) is 11.6. The number of anilines is 6. The Balaban J connectivity index is 1.03. The highest BCUT2D eigenvalue weighted by Crippen LogP contribution is 2.48. The number of nitrogens with zero attached hydrogens (tertiary/aromatic N) is 2. The molecule has 0 saturated heterocycles. The Kier molecular flexibility index (Phi) is 9.06. The SMILES string of the molecule is c1ccc(-c2ccc(N(c3ccc(-c4ccccc4)cc3)c3ccc4c(c3)c3ccccc3c3c5ccc(N(c6ccccc6)c6cccc7ccccc67)cc5sc43)cc2)cc1. The van der Waals surface area contributed by atoms with Gasteiger partial charge in [0.25, 0.3) is 0 Å². The summed E-state index contributed by atoms with van der Waals surface area (Å²) in [6.07, 6.45) is 0. The molecule has 12 rings (SSSR count). The van der Waals surface area contributed by atoms with E-state index in [2.05, 4.69) is 252 Å². The first-order valence-electron chi connectivity index (χ1n) is 21.5. The van der Waals surface area contributed by atoms with E-state index in [0.29, 0.717) is 0 Å². The van der Waals surface area contributed by atoms with Gasteiger partial charge >= 0.3 is 0 Å². The van der Waals surface area contributed by atoms with E-state index < -0.39 is 0 Å². The van der Waals surface area contributed by atoms with Crippen LogP contribution in [0.1, 0.15) is 0 Å². The lowest BCUT2D eigenvalue weighted by molar-refractivity contribution is 1.29. The van der Waals surface area contributed by atoms with E-state index in [1.54, 1.807) is 0 Å². The summed E-state index contributed by atoms with van der Waals surface area (Å²) in [7, 11) is 0. The number of benzene rings is 11. The molecule has 0 aliphatic heterocycles. The second-order valence-corrected chi connectivity index (χ2v) is 17.1. The third-order valence-electron chi connectivity index (χ3n) is 12.4. The van der Waals surface area contributed by atoms with E-state index in [1.165, 1.54) is 74.7 Å². The number of thiophene rings is 1. The van der Waals surface area contributed by atoms with Crippen LogP contribution in [0.15, 0.2) is 243 Å². The van der Waals surface area contributed by atoms with Gasteiger partial charge in [-0.05, 0) is 111 Å². The van der Waals surface area contributed by atoms with Crippen LogP contribution >= 0.6 is 11.3 Å². The summed E-state index contributed by atoms with van der Waals surface area (Å²) >= 11 is 1.90. The molecule has 0 radical (unpaired) electrons. The summed E-state index contributed by atoms with van der Waals surface area (Å²) in [4.78, 5) is 4.80. The fourth-order valence-electron chi connectivity index (χ4n) is 9.43. The van der Waals surface area contributed by atoms with Crippen molar-refractivity contribution >= 4 is 98.0 Å². The molecular weight excluding hydrogens is 781 g/mol. The lowest BCUT2D eigenvalue weighted by Gasteiger charge is -2.27. The molecule has 0 spiro atoms. The van der Waals surface area contributed by atoms with Gasteiger partial charge < -0.3 is 9.80 Å². The molecule has 0 unspecified atom stereocenters. The molecule has 0 aliphatic carbocycles. The molecular formula is C60H40N2S. The quantitative estimate of drug-likeness (QED) is 0.141. The minimum absolute atomic E-state index is 1.11. The molecule has 0 N–H and O–H groups in total. The first kappa shape index (κ1) is 36.8. The smallest absolute Gasteiger partial charge is 0.0540 e. The van der Waals surface area contributed by atoms with E-state index in [9.17, 15) is 0 Å². The predicted octanol–water partition coefficient (Wildman–Crippen LogP) is 17.8. The summed E-state index contributed by atoms with van der Waals surface area (Å²) in [5.74, 6) is 0. The number of para-hydroxylation sites is 1. The van der Waals surface area contributed by atoms with Crippen molar-refractivity contribution in [2.75, 3.05) is 9.80 Å². The van der Waals surface area contributed by atoms with E-state index in [1.807, 2.05) is 11.3 Å². The molecule has 0 bridgehead atoms. The number of rotatable bonds is 8. The van der Waals surface area contributed by atoms with Crippen LogP contribution in [0.3, 0.4) is 0 Å². The minimum atomic E-state index is 1.11. The van der Waals surface area contributed by atoms with Gasteiger partial charge in [-0.25, -0.2) is 0 Å². The molecule has 1 heterocycles. The van der Waals surface area contributed by atoms with Gasteiger partial charge in [0, 0.05) is 59.4 Å². The highest BCUT2D eigenvalue weighted by Gasteiger charge is 2.21. The van der Waals surface area contributed by atoms with Crippen molar-refractivity contribution in [2.24, 2.45) is 0 Å². The van der Waals surface area contributed by atoms with E-state index in [0.717, 1.165) is 34.1 Å². The Labute approximate surface area is 370 Å². The molecule has 0 saturated carbocycles. The zero-order valence-corrected chi connectivity index (χ0v) is 35.2. The van der Waals surface area contributed by atoms with Crippen LogP contribution < -0.4 is 9.80 Å². The van der Waals surface area contributed by atoms with Crippen LogP contribution in [-0.4, -0.2) is 0 Å². The van der Waals surface area contributed by atoms with Gasteiger partial charge in [0.05, 0.1) is 5.69 Å². The second-order valence-electron chi connectivity index (χ2n) is 16.1. The van der Waals surface area contributed by atoms with Crippen molar-refractivity contribution in [3.8, 4) is 22.3 Å². The molecule has 296 valence electrons. The minimum Gasteiger partial charge on any atom is -0.310 e. The highest BCUT2D eigenvalue weighted by molar-refractivity contribution is 7.27. The van der Waals surface area contributed by atoms with Crippen molar-refractivity contribution in [1.29, 1.82) is 0 Å². The van der Waals surface area contributed by atoms with Gasteiger partial charge in [0.15, 0.2) is 0 Å². The van der Waals surface area contributed by atoms with Crippen LogP contribution in [0.2, 0.25) is 0 Å². The first-order valence-corrected chi connectivity index (χ1v) is 22.3. The summed E-state index contributed by atoms with van der Waals surface area (Å²) in [6, 6.07) is 88.2. The fraction of sp³-hybridized carbons (Fsp3) is 0. The standard InChI is InChI=1S/C60H40N2S/c1-4-15-41(16-5-1)43-27-31-47(32-28-43)61(48-33-29-44(30-34-48)42-17-6-2-7-18-42)49-35-37-54-56(39-49)52-24-12-13-25-53(52)59-55-38-36-50(40-58(55)63-60(54)59)62(46-21-8-3-9-22-46)57-26-14-20-45-19-10-11-23-51(45)57/h1-40H. The molecule has 0 fully saturated rings. The second kappa shape index (κ2) is 15.5. The van der Waals surface area contributed by atoms with Crippen molar-refractivity contribution in [3.63, 3.8) is 0 Å². The molecule has 2 nitrogen and oxygen atoms in total. The maximum atomic E-state index is 2.40. The lowest BCUT2D eigenvalue weighted by Crippen LogP contribution is -2.10. The number of fused-ring (bicyclic) bond motifs is 9. The van der Waals surface area contributed by atoms with Crippen LogP contribution in [0.5, 0.6) is 0 Å². The molecule has 3 heteroatoms. The van der Waals surface area contributed by atoms with Gasteiger partial charge in [0.2, 0.25) is 0 Å². The summed E-state index contributed by atoms with van der Waals surface area (Å²) in [5, 5.41) is 10.1. The van der Waals surface area contributed by atoms with Gasteiger partial charge in [-0.15, -0.1) is 11.3 Å². The van der Waals surface area contributed by atoms with Crippen LogP contribution in [0.4, 0.5) is 34.1 Å². The Morgan fingerprint density at radius 2 is 0.746 bits per heavy atom. The summed E-state index contributed by atoms with van der Waals surface area (Å²) in [6.45, 7) is 0. The van der Waals surface area contributed by atoms with Gasteiger partial charge in [0.1, 0.15) is 0 Å². The van der Waals surface area contributed by atoms with Crippen molar-refractivity contribution < 1.29 is 0 Å². The first-order chi connectivity index (χ1) is 31.2. The summed E-state index contributed by atoms with van der Waals surface area (Å²) < 4.78 is 2.58. The van der Waals surface area contributed by atoms with Gasteiger partial charge in [-0.1, -0.05) is 176 Å². The van der Waals surface area contributed by atoms with Crippen LogP contribution in [0, 0.1) is 0 Å². The van der Waals surface area contributed by atoms with Crippen LogP contribution in [-0.2, 0) is 0 Å². The monoisotopic (exact) mass is 820 g/mol. The van der Waals surface area contributed by atoms with E-state index in [-0.39, 0.29) is 0 Å². The zero-order chi connectivity index (χ0) is 41.7. The average molecular weight is 821 g/mol. The Morgan fingerprint density at radius 3 is 1.40 bits per heavy atom. The zero-order valence-electron chi connectivity index (χ0n) is 34.4. The fourth-order valence-corrected chi connectivity index (χ4v) is 10.7. The molecule has 0 aliphatic rings. The molecule has 1 aromatic heterocycles. The van der Waals surface area contributed by atoms with E-state index >= 15 is 0 Å². The maximum absolute atomic E-state index is 2.40. The Morgan fingerprint density at radius 1 is 0.270 bits per heavy atom. The van der Waals surface area contributed by atoms with Crippen LogP contribution in [0.25, 0.3) is 74.7 Å². The lowest BCUT2D eigenvalue weighted by atomic mass is 9.96. The van der Waals surface area contributed by atoms with Crippen molar-refractivity contribution in [2.45, 2.75) is 0 Å². The Bertz CT molecular complexity index is 3510. The topological polar surface area (TPSA) is 6.48 Å². The number of hydrogen-bond acceptors (Lipinski definition) is 3. The molecule has 12 aromatic rings. The molecule has 0 amide bonds. The Hall–Kier alpha value is -7.98. The molecule has 63 heavy (non-hydrogen) atoms. The normalized spacial score (nSPS) is 11.5. The van der Waals surface area contributed by atoms with Crippen molar-refractivity contribution in [1.82, 2.24) is 0 Å². The highest BCUT2D eigenvalue weighted by atomic mass is 32.1. The predicted molar refractivity (Wildman–Crippen MR) is 272 cm³/mol. The largest absolute Gasteiger partial charge is 0.310 e. The number of hydrogen-bond donors (Lipinski definition) is 0.